The van der Waals surface area contributed by atoms with E-state index >= 15 is 0 Å². The van der Waals surface area contributed by atoms with Crippen LogP contribution >= 0.6 is 11.6 Å². The minimum absolute atomic E-state index is 0.0501. The molecule has 13 heavy (non-hydrogen) atoms. The van der Waals surface area contributed by atoms with Gasteiger partial charge >= 0.3 is 0 Å². The van der Waals surface area contributed by atoms with E-state index < -0.39 is 4.92 Å². The summed E-state index contributed by atoms with van der Waals surface area (Å²) >= 11 is 5.83. The smallest absolute Gasteiger partial charge is 0.288 e. The van der Waals surface area contributed by atoms with Crippen LogP contribution < -0.4 is 4.74 Å². The topological polar surface area (TPSA) is 52.4 Å². The van der Waals surface area contributed by atoms with Gasteiger partial charge in [-0.1, -0.05) is 11.6 Å². The molecule has 1 aliphatic heterocycles. The quantitative estimate of drug-likeness (QED) is 0.515. The Morgan fingerprint density at radius 1 is 1.54 bits per heavy atom. The minimum Gasteiger partial charge on any atom is -0.493 e. The van der Waals surface area contributed by atoms with Gasteiger partial charge in [0.25, 0.3) is 5.69 Å². The van der Waals surface area contributed by atoms with Gasteiger partial charge in [0.2, 0.25) is 0 Å². The van der Waals surface area contributed by atoms with E-state index in [1.165, 1.54) is 6.07 Å². The summed E-state index contributed by atoms with van der Waals surface area (Å²) in [6.45, 7) is 0.552. The van der Waals surface area contributed by atoms with Crippen molar-refractivity contribution in [2.24, 2.45) is 0 Å². The highest BCUT2D eigenvalue weighted by atomic mass is 35.5. The summed E-state index contributed by atoms with van der Waals surface area (Å²) in [5, 5.41) is 10.7. The molecule has 0 saturated carbocycles. The van der Waals surface area contributed by atoms with Crippen LogP contribution in [0.5, 0.6) is 5.75 Å². The van der Waals surface area contributed by atoms with Gasteiger partial charge in [0.15, 0.2) is 0 Å². The van der Waals surface area contributed by atoms with Crippen LogP contribution in [0.15, 0.2) is 12.1 Å². The van der Waals surface area contributed by atoms with Crippen LogP contribution in [-0.4, -0.2) is 11.5 Å². The van der Waals surface area contributed by atoms with Crippen LogP contribution in [-0.2, 0) is 6.42 Å². The lowest BCUT2D eigenvalue weighted by Crippen LogP contribution is -1.91. The first kappa shape index (κ1) is 8.31. The largest absolute Gasteiger partial charge is 0.493 e. The molecule has 1 aromatic carbocycles. The first-order valence-electron chi connectivity index (χ1n) is 3.78. The Balaban J connectivity index is 2.59. The van der Waals surface area contributed by atoms with Gasteiger partial charge in [-0.25, -0.2) is 0 Å². The maximum absolute atomic E-state index is 10.5. The van der Waals surface area contributed by atoms with E-state index in [-0.39, 0.29) is 10.7 Å². The lowest BCUT2D eigenvalue weighted by atomic mass is 10.1. The third kappa shape index (κ3) is 1.23. The lowest BCUT2D eigenvalue weighted by Gasteiger charge is -2.00. The van der Waals surface area contributed by atoms with Crippen molar-refractivity contribution in [3.63, 3.8) is 0 Å². The Hall–Kier alpha value is -1.29. The molecule has 1 heterocycles. The van der Waals surface area contributed by atoms with Crippen LogP contribution in [0.2, 0.25) is 5.02 Å². The number of hydrogen-bond acceptors (Lipinski definition) is 3. The van der Waals surface area contributed by atoms with Gasteiger partial charge in [-0.3, -0.25) is 10.1 Å². The van der Waals surface area contributed by atoms with Crippen molar-refractivity contribution in [1.82, 2.24) is 0 Å². The van der Waals surface area contributed by atoms with Crippen LogP contribution in [0.25, 0.3) is 0 Å². The average Bonchev–Trinajstić information content (AvgIpc) is 2.52. The molecule has 1 aromatic rings. The van der Waals surface area contributed by atoms with Gasteiger partial charge in [0, 0.05) is 18.1 Å². The monoisotopic (exact) mass is 199 g/mol. The fraction of sp³-hybridized carbons (Fsp3) is 0.250. The molecular weight excluding hydrogens is 194 g/mol. The molecule has 2 rings (SSSR count). The Kier molecular flexibility index (Phi) is 1.84. The summed E-state index contributed by atoms with van der Waals surface area (Å²) in [6.07, 6.45) is 0.649. The number of benzene rings is 1. The Labute approximate surface area is 79.2 Å². The predicted octanol–water partition coefficient (Wildman–Crippen LogP) is 2.18. The second-order valence-electron chi connectivity index (χ2n) is 2.73. The molecule has 0 spiro atoms. The normalized spacial score (nSPS) is 13.6. The SMILES string of the molecule is O=[N+]([O-])c1ccc2c(c1Cl)CCO2. The van der Waals surface area contributed by atoms with E-state index in [0.29, 0.717) is 18.8 Å². The summed E-state index contributed by atoms with van der Waals surface area (Å²) in [6, 6.07) is 2.96. The van der Waals surface area contributed by atoms with E-state index in [1.807, 2.05) is 0 Å². The van der Waals surface area contributed by atoms with E-state index in [0.717, 1.165) is 5.56 Å². The summed E-state index contributed by atoms with van der Waals surface area (Å²) < 4.78 is 5.21. The van der Waals surface area contributed by atoms with Crippen molar-refractivity contribution >= 4 is 17.3 Å². The fourth-order valence-corrected chi connectivity index (χ4v) is 1.68. The Morgan fingerprint density at radius 3 is 3.00 bits per heavy atom. The minimum atomic E-state index is -0.485. The summed E-state index contributed by atoms with van der Waals surface area (Å²) in [4.78, 5) is 10.0. The Bertz CT molecular complexity index is 378. The van der Waals surface area contributed by atoms with Gasteiger partial charge in [0.1, 0.15) is 10.8 Å². The second kappa shape index (κ2) is 2.88. The number of ether oxygens (including phenoxy) is 1. The molecule has 0 saturated heterocycles. The van der Waals surface area contributed by atoms with Crippen molar-refractivity contribution in [1.29, 1.82) is 0 Å². The van der Waals surface area contributed by atoms with Gasteiger partial charge in [-0.15, -0.1) is 0 Å². The van der Waals surface area contributed by atoms with Gasteiger partial charge in [-0.2, -0.15) is 0 Å². The van der Waals surface area contributed by atoms with Gasteiger partial charge < -0.3 is 4.74 Å². The van der Waals surface area contributed by atoms with E-state index in [2.05, 4.69) is 0 Å². The summed E-state index contributed by atoms with van der Waals surface area (Å²) in [5.74, 6) is 0.663. The molecule has 0 bridgehead atoms. The van der Waals surface area contributed by atoms with Crippen molar-refractivity contribution in [2.45, 2.75) is 6.42 Å². The molecule has 0 unspecified atom stereocenters. The zero-order valence-electron chi connectivity index (χ0n) is 6.62. The molecule has 68 valence electrons. The average molecular weight is 200 g/mol. The van der Waals surface area contributed by atoms with E-state index in [4.69, 9.17) is 16.3 Å². The van der Waals surface area contributed by atoms with Crippen molar-refractivity contribution in [2.75, 3.05) is 6.61 Å². The van der Waals surface area contributed by atoms with Crippen LogP contribution in [0.4, 0.5) is 5.69 Å². The zero-order valence-corrected chi connectivity index (χ0v) is 7.37. The number of halogens is 1. The van der Waals surface area contributed by atoms with Crippen LogP contribution in [0.1, 0.15) is 5.56 Å². The molecule has 0 atom stereocenters. The maximum atomic E-state index is 10.5. The highest BCUT2D eigenvalue weighted by Gasteiger charge is 2.23. The number of nitrogens with zero attached hydrogens (tertiary/aromatic N) is 1. The number of fused-ring (bicyclic) bond motifs is 1. The van der Waals surface area contributed by atoms with Crippen LogP contribution in [0, 0.1) is 10.1 Å². The lowest BCUT2D eigenvalue weighted by molar-refractivity contribution is -0.384. The Morgan fingerprint density at radius 2 is 2.31 bits per heavy atom. The molecule has 4 nitrogen and oxygen atoms in total. The van der Waals surface area contributed by atoms with E-state index in [9.17, 15) is 10.1 Å². The standard InChI is InChI=1S/C8H6ClNO3/c9-8-5-3-4-13-7(5)2-1-6(8)10(11)12/h1-2H,3-4H2. The number of nitro groups is 1. The number of rotatable bonds is 1. The molecule has 5 heteroatoms. The third-order valence-electron chi connectivity index (χ3n) is 1.99. The molecule has 0 radical (unpaired) electrons. The summed E-state index contributed by atoms with van der Waals surface area (Å²) in [7, 11) is 0. The molecular formula is C8H6ClNO3. The van der Waals surface area contributed by atoms with Gasteiger partial charge in [-0.05, 0) is 6.07 Å². The predicted molar refractivity (Wildman–Crippen MR) is 47.3 cm³/mol. The molecule has 1 aliphatic rings. The molecule has 0 fully saturated rings. The van der Waals surface area contributed by atoms with Gasteiger partial charge in [0.05, 0.1) is 11.5 Å². The fourth-order valence-electron chi connectivity index (χ4n) is 1.36. The number of nitro benzene ring substituents is 1. The van der Waals surface area contributed by atoms with Crippen molar-refractivity contribution in [3.05, 3.63) is 32.8 Å². The highest BCUT2D eigenvalue weighted by Crippen LogP contribution is 2.37. The molecule has 0 aliphatic carbocycles. The second-order valence-corrected chi connectivity index (χ2v) is 3.11. The van der Waals surface area contributed by atoms with Crippen LogP contribution in [0.3, 0.4) is 0 Å². The van der Waals surface area contributed by atoms with Crippen molar-refractivity contribution < 1.29 is 9.66 Å². The zero-order chi connectivity index (χ0) is 9.42. The first-order valence-corrected chi connectivity index (χ1v) is 4.16. The third-order valence-corrected chi connectivity index (χ3v) is 2.41. The summed E-state index contributed by atoms with van der Waals surface area (Å²) in [5.41, 5.74) is 0.696. The number of hydrogen-bond donors (Lipinski definition) is 0. The molecule has 0 N–H and O–H groups in total. The molecule has 0 amide bonds. The molecule has 0 aromatic heterocycles. The maximum Gasteiger partial charge on any atom is 0.288 e. The van der Waals surface area contributed by atoms with E-state index in [1.54, 1.807) is 6.07 Å². The first-order chi connectivity index (χ1) is 6.20. The van der Waals surface area contributed by atoms with Crippen molar-refractivity contribution in [3.8, 4) is 5.75 Å². The highest BCUT2D eigenvalue weighted by molar-refractivity contribution is 6.33.